The third-order valence-electron chi connectivity index (χ3n) is 3.43. The van der Waals surface area contributed by atoms with E-state index in [4.69, 9.17) is 0 Å². The van der Waals surface area contributed by atoms with Gasteiger partial charge in [-0.3, -0.25) is 10.1 Å². The van der Waals surface area contributed by atoms with E-state index in [1.807, 2.05) is 0 Å². The van der Waals surface area contributed by atoms with Crippen molar-refractivity contribution in [1.82, 2.24) is 14.8 Å². The summed E-state index contributed by atoms with van der Waals surface area (Å²) in [6, 6.07) is 12.1. The Morgan fingerprint density at radius 1 is 1.14 bits per heavy atom. The smallest absolute Gasteiger partial charge is 0.258 e. The molecule has 3 rings (SSSR count). The highest BCUT2D eigenvalue weighted by molar-refractivity contribution is 9.10. The van der Waals surface area contributed by atoms with Crippen molar-refractivity contribution in [3.05, 3.63) is 81.1 Å². The maximum atomic E-state index is 12.2. The van der Waals surface area contributed by atoms with Crippen LogP contribution in [-0.2, 0) is 10.0 Å². The zero-order valence-corrected chi connectivity index (χ0v) is 17.7. The van der Waals surface area contributed by atoms with Gasteiger partial charge in [0.05, 0.1) is 20.9 Å². The molecule has 1 N–H and O–H groups in total. The van der Waals surface area contributed by atoms with Crippen molar-refractivity contribution in [1.29, 1.82) is 0 Å². The Bertz CT molecular complexity index is 1160. The number of nitro benzene ring substituents is 1. The molecular weight excluding hydrogens is 482 g/mol. The Hall–Kier alpha value is -2.83. The van der Waals surface area contributed by atoms with Crippen LogP contribution in [0.4, 0.5) is 5.69 Å². The number of rotatable bonds is 7. The third-order valence-corrected chi connectivity index (χ3v) is 6.16. The molecule has 0 aliphatic heterocycles. The predicted molar refractivity (Wildman–Crippen MR) is 111 cm³/mol. The summed E-state index contributed by atoms with van der Waals surface area (Å²) in [5, 5.41) is 15.5. The predicted octanol–water partition coefficient (Wildman–Crippen LogP) is 3.61. The van der Waals surface area contributed by atoms with Crippen LogP contribution in [-0.4, -0.2) is 29.5 Å². The lowest BCUT2D eigenvalue weighted by Gasteiger charge is -2.04. The van der Waals surface area contributed by atoms with E-state index in [1.165, 1.54) is 30.5 Å². The first-order valence-corrected chi connectivity index (χ1v) is 11.0. The fourth-order valence-corrected chi connectivity index (χ4v) is 3.97. The topological polar surface area (TPSA) is 127 Å². The minimum atomic E-state index is -3.85. The van der Waals surface area contributed by atoms with Gasteiger partial charge >= 0.3 is 0 Å². The van der Waals surface area contributed by atoms with Crippen LogP contribution in [0.3, 0.4) is 0 Å². The highest BCUT2D eigenvalue weighted by Crippen LogP contribution is 2.33. The van der Waals surface area contributed by atoms with Crippen molar-refractivity contribution in [3.8, 4) is 0 Å². The second-order valence-electron chi connectivity index (χ2n) is 5.42. The maximum Gasteiger partial charge on any atom is 0.283 e. The van der Waals surface area contributed by atoms with Crippen molar-refractivity contribution in [2.24, 2.45) is 5.10 Å². The number of sulfonamides is 1. The molecule has 0 bridgehead atoms. The third kappa shape index (κ3) is 5.59. The summed E-state index contributed by atoms with van der Waals surface area (Å²) in [7, 11) is -3.85. The van der Waals surface area contributed by atoms with Crippen LogP contribution in [0.1, 0.15) is 5.56 Å². The average molecular weight is 494 g/mol. The number of benzene rings is 2. The number of nitrogens with zero attached hydrogens (tertiary/aromatic N) is 4. The van der Waals surface area contributed by atoms with Crippen LogP contribution >= 0.6 is 27.7 Å². The molecule has 29 heavy (non-hydrogen) atoms. The highest BCUT2D eigenvalue weighted by Gasteiger charge is 2.17. The molecule has 0 aliphatic carbocycles. The molecular formula is C17H12BrN5O4S2. The van der Waals surface area contributed by atoms with E-state index in [9.17, 15) is 18.5 Å². The van der Waals surface area contributed by atoms with Gasteiger partial charge in [0.1, 0.15) is 0 Å². The molecule has 3 aromatic rings. The van der Waals surface area contributed by atoms with E-state index < -0.39 is 14.9 Å². The van der Waals surface area contributed by atoms with Crippen molar-refractivity contribution < 1.29 is 13.3 Å². The number of nitro groups is 1. The first kappa shape index (κ1) is 20.9. The van der Waals surface area contributed by atoms with Crippen LogP contribution < -0.4 is 4.83 Å². The molecule has 0 saturated heterocycles. The fourth-order valence-electron chi connectivity index (χ4n) is 2.12. The Morgan fingerprint density at radius 3 is 2.48 bits per heavy atom. The molecule has 1 heterocycles. The first-order chi connectivity index (χ1) is 13.8. The van der Waals surface area contributed by atoms with Gasteiger partial charge < -0.3 is 0 Å². The summed E-state index contributed by atoms with van der Waals surface area (Å²) in [6.45, 7) is 0. The van der Waals surface area contributed by atoms with Gasteiger partial charge in [-0.15, -0.1) is 0 Å². The lowest BCUT2D eigenvalue weighted by molar-refractivity contribution is -0.387. The van der Waals surface area contributed by atoms with Crippen LogP contribution in [0.25, 0.3) is 0 Å². The molecule has 0 unspecified atom stereocenters. The van der Waals surface area contributed by atoms with Crippen molar-refractivity contribution >= 4 is 49.6 Å². The Morgan fingerprint density at radius 2 is 1.83 bits per heavy atom. The second kappa shape index (κ2) is 9.11. The minimum Gasteiger partial charge on any atom is -0.258 e. The molecule has 0 fully saturated rings. The molecule has 0 aliphatic rings. The van der Waals surface area contributed by atoms with Gasteiger partial charge in [0.15, 0.2) is 5.16 Å². The number of hydrogen-bond acceptors (Lipinski definition) is 8. The summed E-state index contributed by atoms with van der Waals surface area (Å²) in [5.74, 6) is 0. The molecule has 0 atom stereocenters. The number of hydrogen-bond donors (Lipinski definition) is 1. The molecule has 12 heteroatoms. The van der Waals surface area contributed by atoms with Crippen molar-refractivity contribution in [2.75, 3.05) is 0 Å². The van der Waals surface area contributed by atoms with Gasteiger partial charge in [-0.1, -0.05) is 22.0 Å². The zero-order valence-electron chi connectivity index (χ0n) is 14.5. The second-order valence-corrected chi connectivity index (χ2v) is 9.01. The number of nitrogens with one attached hydrogen (secondary N) is 1. The van der Waals surface area contributed by atoms with Gasteiger partial charge in [0.2, 0.25) is 0 Å². The van der Waals surface area contributed by atoms with E-state index in [1.54, 1.807) is 36.7 Å². The van der Waals surface area contributed by atoms with Crippen LogP contribution in [0.5, 0.6) is 0 Å². The van der Waals surface area contributed by atoms with E-state index in [0.717, 1.165) is 16.2 Å². The summed E-state index contributed by atoms with van der Waals surface area (Å²) in [4.78, 5) is 21.4. The summed E-state index contributed by atoms with van der Waals surface area (Å²) >= 11 is 4.29. The lowest BCUT2D eigenvalue weighted by Crippen LogP contribution is -2.18. The van der Waals surface area contributed by atoms with E-state index in [0.29, 0.717) is 15.6 Å². The largest absolute Gasteiger partial charge is 0.283 e. The van der Waals surface area contributed by atoms with Gasteiger partial charge in [0, 0.05) is 28.5 Å². The zero-order chi connectivity index (χ0) is 20.9. The highest BCUT2D eigenvalue weighted by atomic mass is 79.9. The molecule has 0 spiro atoms. The monoisotopic (exact) mass is 493 g/mol. The Balaban J connectivity index is 1.78. The standard InChI is InChI=1S/C17H12BrN5O4S2/c18-13-3-5-14(6-4-13)29(26,27)22-21-11-12-2-7-16(15(10-12)23(24)25)28-17-19-8-1-9-20-17/h1-11,22H/b21-11+. The number of aromatic nitrogens is 2. The number of halogens is 1. The Labute approximate surface area is 178 Å². The van der Waals surface area contributed by atoms with Gasteiger partial charge in [0.25, 0.3) is 15.7 Å². The van der Waals surface area contributed by atoms with Crippen LogP contribution in [0, 0.1) is 10.1 Å². The fraction of sp³-hybridized carbons (Fsp3) is 0. The van der Waals surface area contributed by atoms with Crippen molar-refractivity contribution in [3.63, 3.8) is 0 Å². The number of hydrazone groups is 1. The summed E-state index contributed by atoms with van der Waals surface area (Å²) in [6.07, 6.45) is 4.27. The molecule has 0 amide bonds. The maximum absolute atomic E-state index is 12.2. The first-order valence-electron chi connectivity index (χ1n) is 7.89. The SMILES string of the molecule is O=[N+]([O-])c1cc(/C=N/NS(=O)(=O)c2ccc(Br)cc2)ccc1Sc1ncccn1. The lowest BCUT2D eigenvalue weighted by atomic mass is 10.2. The van der Waals surface area contributed by atoms with Gasteiger partial charge in [-0.05, 0) is 48.2 Å². The molecule has 148 valence electrons. The van der Waals surface area contributed by atoms with E-state index >= 15 is 0 Å². The molecule has 2 aromatic carbocycles. The summed E-state index contributed by atoms with van der Waals surface area (Å²) < 4.78 is 25.1. The van der Waals surface area contributed by atoms with Crippen LogP contribution in [0.2, 0.25) is 0 Å². The quantitative estimate of drug-likeness (QED) is 0.230. The molecule has 0 saturated carbocycles. The minimum absolute atomic E-state index is 0.0402. The summed E-state index contributed by atoms with van der Waals surface area (Å²) in [5.41, 5.74) is 0.190. The van der Waals surface area contributed by atoms with E-state index in [-0.39, 0.29) is 10.6 Å². The van der Waals surface area contributed by atoms with Gasteiger partial charge in [-0.25, -0.2) is 14.8 Å². The van der Waals surface area contributed by atoms with Crippen LogP contribution in [0.15, 0.2) is 85.4 Å². The average Bonchev–Trinajstić information content (AvgIpc) is 2.70. The van der Waals surface area contributed by atoms with Gasteiger partial charge in [-0.2, -0.15) is 13.5 Å². The molecule has 1 aromatic heterocycles. The molecule has 0 radical (unpaired) electrons. The normalized spacial score (nSPS) is 11.5. The van der Waals surface area contributed by atoms with E-state index in [2.05, 4.69) is 35.8 Å². The van der Waals surface area contributed by atoms with Crippen molar-refractivity contribution in [2.45, 2.75) is 14.9 Å². The molecule has 9 nitrogen and oxygen atoms in total. The Kier molecular flexibility index (Phi) is 6.56.